The fourth-order valence-corrected chi connectivity index (χ4v) is 5.91. The number of nitrogens with zero attached hydrogens (tertiary/aromatic N) is 1. The lowest BCUT2D eigenvalue weighted by Gasteiger charge is -2.11. The molecular weight excluding hydrogens is 349 g/mol. The number of sulfonamides is 1. The topological polar surface area (TPSA) is 37.1 Å². The van der Waals surface area contributed by atoms with E-state index in [9.17, 15) is 8.42 Å². The molecule has 0 aromatic heterocycles. The molecule has 1 aromatic carbocycles. The summed E-state index contributed by atoms with van der Waals surface area (Å²) in [6.45, 7) is 1.96. The Morgan fingerprint density at radius 3 is 2.41 bits per heavy atom. The molecule has 1 heterocycles. The Morgan fingerprint density at radius 1 is 1.24 bits per heavy atom. The second kappa shape index (κ2) is 3.93. The molecule has 0 spiro atoms. The molecular formula is C12H14INO2S. The first-order valence-electron chi connectivity index (χ1n) is 5.76. The van der Waals surface area contributed by atoms with Crippen LogP contribution >= 0.6 is 22.6 Å². The minimum absolute atomic E-state index is 0.252. The zero-order valence-corrected chi connectivity index (χ0v) is 12.5. The summed E-state index contributed by atoms with van der Waals surface area (Å²) in [5.74, 6) is 0. The maximum Gasteiger partial charge on any atom is 0.243 e. The van der Waals surface area contributed by atoms with Crippen molar-refractivity contribution in [3.63, 3.8) is 0 Å². The lowest BCUT2D eigenvalue weighted by atomic mass is 10.2. The maximum atomic E-state index is 12.4. The molecule has 4 atom stereocenters. The van der Waals surface area contributed by atoms with Crippen LogP contribution in [0.5, 0.6) is 0 Å². The van der Waals surface area contributed by atoms with Gasteiger partial charge in [0.1, 0.15) is 0 Å². The number of alkyl halides is 1. The van der Waals surface area contributed by atoms with Gasteiger partial charge in [-0.3, -0.25) is 0 Å². The lowest BCUT2D eigenvalue weighted by Crippen LogP contribution is -2.21. The molecule has 92 valence electrons. The van der Waals surface area contributed by atoms with Gasteiger partial charge in [-0.2, -0.15) is 4.31 Å². The van der Waals surface area contributed by atoms with Crippen molar-refractivity contribution in [1.29, 1.82) is 0 Å². The van der Waals surface area contributed by atoms with Crippen LogP contribution in [0, 0.1) is 6.92 Å². The molecule has 1 aromatic rings. The van der Waals surface area contributed by atoms with Crippen molar-refractivity contribution in [3.8, 4) is 0 Å². The number of halogens is 1. The van der Waals surface area contributed by atoms with Crippen molar-refractivity contribution in [1.82, 2.24) is 4.31 Å². The third-order valence-electron chi connectivity index (χ3n) is 3.63. The van der Waals surface area contributed by atoms with Crippen LogP contribution < -0.4 is 0 Å². The van der Waals surface area contributed by atoms with E-state index in [2.05, 4.69) is 22.6 Å². The number of rotatable bonds is 2. The third-order valence-corrected chi connectivity index (χ3v) is 6.93. The molecule has 3 nitrogen and oxygen atoms in total. The molecule has 1 aliphatic heterocycles. The van der Waals surface area contributed by atoms with Crippen LogP contribution in [0.25, 0.3) is 0 Å². The molecule has 2 fully saturated rings. The summed E-state index contributed by atoms with van der Waals surface area (Å²) in [6.07, 6.45) is 2.17. The lowest BCUT2D eigenvalue weighted by molar-refractivity contribution is 0.523. The van der Waals surface area contributed by atoms with Gasteiger partial charge in [-0.1, -0.05) is 40.3 Å². The smallest absolute Gasteiger partial charge is 0.207 e. The maximum absolute atomic E-state index is 12.4. The largest absolute Gasteiger partial charge is 0.243 e. The average Bonchev–Trinajstić information content (AvgIpc) is 2.92. The van der Waals surface area contributed by atoms with Gasteiger partial charge in [-0.25, -0.2) is 8.42 Å². The van der Waals surface area contributed by atoms with Crippen LogP contribution in [0.15, 0.2) is 29.2 Å². The Balaban J connectivity index is 1.91. The molecule has 0 amide bonds. The number of fused-ring (bicyclic) bond motifs is 1. The fourth-order valence-electron chi connectivity index (χ4n) is 2.65. The van der Waals surface area contributed by atoms with Gasteiger partial charge in [0.25, 0.3) is 0 Å². The van der Waals surface area contributed by atoms with E-state index in [0.717, 1.165) is 18.4 Å². The Bertz CT molecular complexity index is 540. The number of hydrogen-bond acceptors (Lipinski definition) is 2. The quantitative estimate of drug-likeness (QED) is 0.460. The fraction of sp³-hybridized carbons (Fsp3) is 0.500. The molecule has 0 bridgehead atoms. The molecule has 1 saturated carbocycles. The highest BCUT2D eigenvalue weighted by atomic mass is 127. The van der Waals surface area contributed by atoms with Gasteiger partial charge < -0.3 is 0 Å². The zero-order chi connectivity index (χ0) is 12.2. The van der Waals surface area contributed by atoms with E-state index in [1.54, 1.807) is 16.4 Å². The van der Waals surface area contributed by atoms with Gasteiger partial charge in [0.2, 0.25) is 10.0 Å². The van der Waals surface area contributed by atoms with Crippen molar-refractivity contribution in [2.75, 3.05) is 0 Å². The summed E-state index contributed by atoms with van der Waals surface area (Å²) in [7, 11) is -3.25. The third kappa shape index (κ3) is 1.82. The highest BCUT2D eigenvalue weighted by molar-refractivity contribution is 14.1. The summed E-state index contributed by atoms with van der Waals surface area (Å²) in [4.78, 5) is 0.432. The van der Waals surface area contributed by atoms with Gasteiger partial charge in [0, 0.05) is 9.97 Å². The Hall–Kier alpha value is -0.140. The van der Waals surface area contributed by atoms with Crippen molar-refractivity contribution in [3.05, 3.63) is 29.8 Å². The average molecular weight is 363 g/mol. The normalized spacial score (nSPS) is 35.6. The number of benzene rings is 1. The van der Waals surface area contributed by atoms with Crippen LogP contribution in [0.2, 0.25) is 0 Å². The van der Waals surface area contributed by atoms with Crippen molar-refractivity contribution in [2.24, 2.45) is 0 Å². The summed E-state index contributed by atoms with van der Waals surface area (Å²) >= 11 is 2.37. The molecule has 1 aliphatic carbocycles. The van der Waals surface area contributed by atoms with E-state index < -0.39 is 10.0 Å². The monoisotopic (exact) mass is 363 g/mol. The van der Waals surface area contributed by atoms with Crippen molar-refractivity contribution < 1.29 is 8.42 Å². The summed E-state index contributed by atoms with van der Waals surface area (Å²) in [5.41, 5.74) is 1.08. The van der Waals surface area contributed by atoms with Crippen LogP contribution in [0.4, 0.5) is 0 Å². The second-order valence-electron chi connectivity index (χ2n) is 4.80. The number of piperidine rings is 1. The van der Waals surface area contributed by atoms with Gasteiger partial charge in [-0.15, -0.1) is 0 Å². The molecule has 1 unspecified atom stereocenters. The van der Waals surface area contributed by atoms with E-state index in [-0.39, 0.29) is 12.1 Å². The van der Waals surface area contributed by atoms with Crippen LogP contribution in [0.3, 0.4) is 0 Å². The minimum atomic E-state index is -3.25. The van der Waals surface area contributed by atoms with E-state index in [1.165, 1.54) is 0 Å². The predicted octanol–water partition coefficient (Wildman–Crippen LogP) is 2.33. The van der Waals surface area contributed by atoms with E-state index in [4.69, 9.17) is 0 Å². The van der Waals surface area contributed by atoms with Crippen molar-refractivity contribution in [2.45, 2.75) is 40.7 Å². The van der Waals surface area contributed by atoms with Gasteiger partial charge >= 0.3 is 0 Å². The van der Waals surface area contributed by atoms with E-state index >= 15 is 0 Å². The van der Waals surface area contributed by atoms with Gasteiger partial charge in [0.05, 0.1) is 10.9 Å². The zero-order valence-electron chi connectivity index (χ0n) is 9.51. The predicted molar refractivity (Wildman–Crippen MR) is 74.8 cm³/mol. The van der Waals surface area contributed by atoms with Crippen LogP contribution in [-0.2, 0) is 10.0 Å². The minimum Gasteiger partial charge on any atom is -0.207 e. The first-order chi connectivity index (χ1) is 8.01. The Kier molecular flexibility index (Phi) is 2.75. The molecule has 3 rings (SSSR count). The molecule has 5 heteroatoms. The SMILES string of the molecule is Cc1ccc(S(=O)(=O)N2[C@H]3[C@H](I)CC[C@H]32)cc1. The molecule has 1 saturated heterocycles. The molecule has 0 N–H and O–H groups in total. The Morgan fingerprint density at radius 2 is 1.88 bits per heavy atom. The number of hydrogen-bond donors (Lipinski definition) is 0. The molecule has 17 heavy (non-hydrogen) atoms. The molecule has 2 aliphatic rings. The van der Waals surface area contributed by atoms with Crippen LogP contribution in [-0.4, -0.2) is 28.7 Å². The first-order valence-corrected chi connectivity index (χ1v) is 8.44. The Labute approximate surface area is 115 Å². The standard InChI is InChI=1S/C12H14INO2S/c1-8-2-4-9(5-3-8)17(15,16)14-11-7-6-10(13)12(11)14/h2-5,10-12H,6-7H2,1H3/t10-,11-,12+,14?/m1/s1. The van der Waals surface area contributed by atoms with Gasteiger partial charge in [0.15, 0.2) is 0 Å². The highest BCUT2D eigenvalue weighted by Gasteiger charge is 2.61. The van der Waals surface area contributed by atoms with Crippen LogP contribution in [0.1, 0.15) is 18.4 Å². The van der Waals surface area contributed by atoms with E-state index in [1.807, 2.05) is 19.1 Å². The molecule has 0 radical (unpaired) electrons. The summed E-state index contributed by atoms with van der Waals surface area (Å²) in [5, 5.41) is 0. The van der Waals surface area contributed by atoms with Gasteiger partial charge in [-0.05, 0) is 31.9 Å². The van der Waals surface area contributed by atoms with E-state index in [0.29, 0.717) is 8.82 Å². The first kappa shape index (κ1) is 11.9. The second-order valence-corrected chi connectivity index (χ2v) is 8.24. The summed E-state index contributed by atoms with van der Waals surface area (Å²) < 4.78 is 27.0. The highest BCUT2D eigenvalue weighted by Crippen LogP contribution is 2.49. The summed E-state index contributed by atoms with van der Waals surface area (Å²) in [6, 6.07) is 7.65. The number of aryl methyl sites for hydroxylation is 1. The van der Waals surface area contributed by atoms with Crippen molar-refractivity contribution >= 4 is 32.6 Å².